The highest BCUT2D eigenvalue weighted by Crippen LogP contribution is 2.28. The van der Waals surface area contributed by atoms with Gasteiger partial charge in [-0.1, -0.05) is 18.6 Å². The molecule has 0 N–H and O–H groups in total. The summed E-state index contributed by atoms with van der Waals surface area (Å²) in [6, 6.07) is 8.54. The van der Waals surface area contributed by atoms with E-state index in [1.807, 2.05) is 0 Å². The summed E-state index contributed by atoms with van der Waals surface area (Å²) in [6.07, 6.45) is 7.22. The van der Waals surface area contributed by atoms with Gasteiger partial charge in [0.2, 0.25) is 0 Å². The minimum absolute atomic E-state index is 0.394. The Morgan fingerprint density at radius 3 is 2.50 bits per heavy atom. The van der Waals surface area contributed by atoms with Gasteiger partial charge in [-0.15, -0.1) is 11.8 Å². The minimum Gasteiger partial charge on any atom is -0.299 e. The standard InChI is InChI=1S/C14H18OS/c1-16-13-8-5-11(6-9-13)7-10-14(15)12-3-2-4-12/h5-6,8-9,12H,2-4,7,10H2,1H3. The van der Waals surface area contributed by atoms with Crippen LogP contribution in [0.5, 0.6) is 0 Å². The highest BCUT2D eigenvalue weighted by atomic mass is 32.2. The Hall–Kier alpha value is -0.760. The van der Waals surface area contributed by atoms with Crippen LogP contribution in [0.25, 0.3) is 0 Å². The third-order valence-electron chi connectivity index (χ3n) is 3.38. The molecule has 0 bridgehead atoms. The molecule has 0 unspecified atom stereocenters. The highest BCUT2D eigenvalue weighted by molar-refractivity contribution is 7.98. The van der Waals surface area contributed by atoms with Crippen LogP contribution in [0.4, 0.5) is 0 Å². The molecule has 0 aromatic heterocycles. The molecule has 1 aliphatic rings. The summed E-state index contributed by atoms with van der Waals surface area (Å²) >= 11 is 1.75. The molecule has 1 nitrogen and oxygen atoms in total. The van der Waals surface area contributed by atoms with E-state index in [4.69, 9.17) is 0 Å². The Bertz CT molecular complexity index is 352. The maximum absolute atomic E-state index is 11.7. The quantitative estimate of drug-likeness (QED) is 0.722. The Kier molecular flexibility index (Phi) is 4.05. The lowest BCUT2D eigenvalue weighted by atomic mass is 9.80. The topological polar surface area (TPSA) is 17.1 Å². The zero-order valence-electron chi connectivity index (χ0n) is 9.74. The van der Waals surface area contributed by atoms with Crippen LogP contribution < -0.4 is 0 Å². The van der Waals surface area contributed by atoms with Crippen LogP contribution in [0, 0.1) is 5.92 Å². The molecule has 1 aromatic carbocycles. The minimum atomic E-state index is 0.394. The number of ketones is 1. The molecule has 16 heavy (non-hydrogen) atoms. The normalized spacial score (nSPS) is 15.8. The van der Waals surface area contributed by atoms with Crippen molar-refractivity contribution in [2.75, 3.05) is 6.26 Å². The van der Waals surface area contributed by atoms with E-state index in [1.165, 1.54) is 16.9 Å². The summed E-state index contributed by atoms with van der Waals surface area (Å²) < 4.78 is 0. The van der Waals surface area contributed by atoms with Gasteiger partial charge in [0.1, 0.15) is 5.78 Å². The lowest BCUT2D eigenvalue weighted by Gasteiger charge is -2.23. The number of thioether (sulfide) groups is 1. The summed E-state index contributed by atoms with van der Waals surface area (Å²) in [5.41, 5.74) is 1.28. The first-order chi connectivity index (χ1) is 7.79. The van der Waals surface area contributed by atoms with Gasteiger partial charge in [-0.05, 0) is 43.2 Å². The molecule has 0 spiro atoms. The van der Waals surface area contributed by atoms with Crippen molar-refractivity contribution in [3.63, 3.8) is 0 Å². The fourth-order valence-electron chi connectivity index (χ4n) is 1.99. The number of hydrogen-bond donors (Lipinski definition) is 0. The monoisotopic (exact) mass is 234 g/mol. The van der Waals surface area contributed by atoms with Gasteiger partial charge in [-0.2, -0.15) is 0 Å². The number of Topliss-reactive ketones (excluding diaryl/α,β-unsaturated/α-hetero) is 1. The molecular formula is C14H18OS. The summed E-state index contributed by atoms with van der Waals surface area (Å²) in [7, 11) is 0. The smallest absolute Gasteiger partial charge is 0.136 e. The summed E-state index contributed by atoms with van der Waals surface area (Å²) in [5.74, 6) is 0.866. The molecule has 0 radical (unpaired) electrons. The molecule has 0 aliphatic heterocycles. The van der Waals surface area contributed by atoms with Crippen molar-refractivity contribution < 1.29 is 4.79 Å². The van der Waals surface area contributed by atoms with Gasteiger partial charge in [0.25, 0.3) is 0 Å². The SMILES string of the molecule is CSc1ccc(CCC(=O)C2CCC2)cc1. The molecule has 2 rings (SSSR count). The van der Waals surface area contributed by atoms with Crippen molar-refractivity contribution in [1.29, 1.82) is 0 Å². The Morgan fingerprint density at radius 1 is 1.31 bits per heavy atom. The van der Waals surface area contributed by atoms with E-state index in [0.717, 1.165) is 25.7 Å². The first-order valence-electron chi connectivity index (χ1n) is 5.95. The zero-order valence-corrected chi connectivity index (χ0v) is 10.6. The van der Waals surface area contributed by atoms with Gasteiger partial charge < -0.3 is 0 Å². The third kappa shape index (κ3) is 2.88. The molecular weight excluding hydrogens is 216 g/mol. The number of rotatable bonds is 5. The predicted octanol–water partition coefficient (Wildman–Crippen LogP) is 3.71. The number of hydrogen-bond acceptors (Lipinski definition) is 2. The molecule has 0 amide bonds. The third-order valence-corrected chi connectivity index (χ3v) is 4.12. The van der Waals surface area contributed by atoms with Crippen molar-refractivity contribution in [3.05, 3.63) is 29.8 Å². The molecule has 1 saturated carbocycles. The number of carbonyl (C=O) groups excluding carboxylic acids is 1. The number of benzene rings is 1. The lowest BCUT2D eigenvalue weighted by Crippen LogP contribution is -2.22. The van der Waals surface area contributed by atoms with Gasteiger partial charge in [0, 0.05) is 17.2 Å². The van der Waals surface area contributed by atoms with Gasteiger partial charge >= 0.3 is 0 Å². The average Bonchev–Trinajstić information content (AvgIpc) is 2.25. The Morgan fingerprint density at radius 2 is 2.00 bits per heavy atom. The molecule has 0 saturated heterocycles. The lowest BCUT2D eigenvalue weighted by molar-refractivity contribution is -0.125. The second-order valence-electron chi connectivity index (χ2n) is 4.44. The van der Waals surface area contributed by atoms with E-state index in [2.05, 4.69) is 30.5 Å². The molecule has 86 valence electrons. The van der Waals surface area contributed by atoms with Gasteiger partial charge in [0.15, 0.2) is 0 Å². The second kappa shape index (κ2) is 5.53. The maximum Gasteiger partial charge on any atom is 0.136 e. The highest BCUT2D eigenvalue weighted by Gasteiger charge is 2.24. The largest absolute Gasteiger partial charge is 0.299 e. The van der Waals surface area contributed by atoms with E-state index < -0.39 is 0 Å². The van der Waals surface area contributed by atoms with E-state index in [1.54, 1.807) is 11.8 Å². The zero-order chi connectivity index (χ0) is 11.4. The van der Waals surface area contributed by atoms with Crippen molar-refractivity contribution in [3.8, 4) is 0 Å². The average molecular weight is 234 g/mol. The molecule has 1 aromatic rings. The molecule has 1 aliphatic carbocycles. The van der Waals surface area contributed by atoms with Crippen LogP contribution in [0.3, 0.4) is 0 Å². The van der Waals surface area contributed by atoms with Crippen molar-refractivity contribution in [1.82, 2.24) is 0 Å². The van der Waals surface area contributed by atoms with Crippen LogP contribution in [0.15, 0.2) is 29.2 Å². The van der Waals surface area contributed by atoms with Gasteiger partial charge in [-0.3, -0.25) is 4.79 Å². The molecule has 1 fully saturated rings. The fourth-order valence-corrected chi connectivity index (χ4v) is 2.40. The van der Waals surface area contributed by atoms with Crippen LogP contribution >= 0.6 is 11.8 Å². The van der Waals surface area contributed by atoms with Crippen LogP contribution in [-0.2, 0) is 11.2 Å². The molecule has 0 heterocycles. The van der Waals surface area contributed by atoms with Crippen molar-refractivity contribution in [2.45, 2.75) is 37.0 Å². The summed E-state index contributed by atoms with van der Waals surface area (Å²) in [6.45, 7) is 0. The first-order valence-corrected chi connectivity index (χ1v) is 7.17. The number of carbonyl (C=O) groups is 1. The van der Waals surface area contributed by atoms with Crippen LogP contribution in [0.2, 0.25) is 0 Å². The Balaban J connectivity index is 1.81. The van der Waals surface area contributed by atoms with E-state index in [0.29, 0.717) is 11.7 Å². The van der Waals surface area contributed by atoms with Crippen molar-refractivity contribution in [2.24, 2.45) is 5.92 Å². The molecule has 0 atom stereocenters. The summed E-state index contributed by atoms with van der Waals surface area (Å²) in [5, 5.41) is 0. The molecule has 2 heteroatoms. The number of aryl methyl sites for hydroxylation is 1. The van der Waals surface area contributed by atoms with E-state index in [-0.39, 0.29) is 0 Å². The summed E-state index contributed by atoms with van der Waals surface area (Å²) in [4.78, 5) is 13.0. The van der Waals surface area contributed by atoms with Crippen molar-refractivity contribution >= 4 is 17.5 Å². The van der Waals surface area contributed by atoms with Crippen LogP contribution in [0.1, 0.15) is 31.2 Å². The van der Waals surface area contributed by atoms with Crippen LogP contribution in [-0.4, -0.2) is 12.0 Å². The Labute approximate surface area is 102 Å². The van der Waals surface area contributed by atoms with Gasteiger partial charge in [-0.25, -0.2) is 0 Å². The fraction of sp³-hybridized carbons (Fsp3) is 0.500. The first kappa shape index (κ1) is 11.7. The second-order valence-corrected chi connectivity index (χ2v) is 5.32. The van der Waals surface area contributed by atoms with E-state index >= 15 is 0 Å². The maximum atomic E-state index is 11.7. The van der Waals surface area contributed by atoms with E-state index in [9.17, 15) is 4.79 Å². The van der Waals surface area contributed by atoms with Gasteiger partial charge in [0.05, 0.1) is 0 Å². The predicted molar refractivity (Wildman–Crippen MR) is 68.9 cm³/mol.